The van der Waals surface area contributed by atoms with Gasteiger partial charge in [0.05, 0.1) is 5.52 Å². The van der Waals surface area contributed by atoms with Gasteiger partial charge in [0.25, 0.3) is 0 Å². The number of hydrogen-bond donors (Lipinski definition) is 1. The summed E-state index contributed by atoms with van der Waals surface area (Å²) in [5, 5.41) is 5.30. The van der Waals surface area contributed by atoms with Gasteiger partial charge in [0.15, 0.2) is 0 Å². The highest BCUT2D eigenvalue weighted by molar-refractivity contribution is 6.30. The predicted molar refractivity (Wildman–Crippen MR) is 95.0 cm³/mol. The smallest absolute Gasteiger partial charge is 0.137 e. The van der Waals surface area contributed by atoms with Crippen molar-refractivity contribution in [1.29, 1.82) is 0 Å². The van der Waals surface area contributed by atoms with E-state index in [4.69, 9.17) is 11.6 Å². The van der Waals surface area contributed by atoms with Gasteiger partial charge < -0.3 is 5.32 Å². The quantitative estimate of drug-likeness (QED) is 0.727. The number of aromatic nitrogens is 2. The van der Waals surface area contributed by atoms with Gasteiger partial charge in [-0.15, -0.1) is 0 Å². The van der Waals surface area contributed by atoms with Crippen LogP contribution in [0.2, 0.25) is 5.02 Å². The van der Waals surface area contributed by atoms with E-state index < -0.39 is 0 Å². The van der Waals surface area contributed by atoms with E-state index in [-0.39, 0.29) is 0 Å². The van der Waals surface area contributed by atoms with Crippen molar-refractivity contribution < 1.29 is 0 Å². The first kappa shape index (κ1) is 14.5. The highest BCUT2D eigenvalue weighted by atomic mass is 35.5. The highest BCUT2D eigenvalue weighted by Crippen LogP contribution is 2.41. The number of nitrogens with one attached hydrogen (secondary N) is 1. The van der Waals surface area contributed by atoms with Crippen LogP contribution in [0.15, 0.2) is 42.5 Å². The molecule has 23 heavy (non-hydrogen) atoms. The molecule has 116 valence electrons. The summed E-state index contributed by atoms with van der Waals surface area (Å²) >= 11 is 6.06. The number of nitrogens with zero attached hydrogens (tertiary/aromatic N) is 2. The second kappa shape index (κ2) is 5.82. The molecular formula is C19H18ClN3. The van der Waals surface area contributed by atoms with Crippen molar-refractivity contribution in [3.05, 3.63) is 64.4 Å². The first-order valence-corrected chi connectivity index (χ1v) is 8.33. The van der Waals surface area contributed by atoms with E-state index >= 15 is 0 Å². The summed E-state index contributed by atoms with van der Waals surface area (Å²) in [4.78, 5) is 9.16. The van der Waals surface area contributed by atoms with Crippen molar-refractivity contribution in [2.24, 2.45) is 0 Å². The van der Waals surface area contributed by atoms with Crippen LogP contribution < -0.4 is 5.32 Å². The van der Waals surface area contributed by atoms with Crippen LogP contribution in [0.4, 0.5) is 5.82 Å². The zero-order valence-corrected chi connectivity index (χ0v) is 13.8. The Labute approximate surface area is 140 Å². The predicted octanol–water partition coefficient (Wildman–Crippen LogP) is 5.08. The fourth-order valence-electron chi connectivity index (χ4n) is 2.90. The van der Waals surface area contributed by atoms with Crippen LogP contribution in [0.3, 0.4) is 0 Å². The molecular weight excluding hydrogens is 306 g/mol. The Kier molecular flexibility index (Phi) is 3.66. The van der Waals surface area contributed by atoms with Crippen molar-refractivity contribution in [1.82, 2.24) is 9.97 Å². The molecule has 0 unspecified atom stereocenters. The SMILES string of the molecule is Cc1nc(NCc2cccc(Cl)c2)c2cc(C3CC3)ccc2n1. The van der Waals surface area contributed by atoms with Gasteiger partial charge >= 0.3 is 0 Å². The Balaban J connectivity index is 1.68. The summed E-state index contributed by atoms with van der Waals surface area (Å²) in [5.41, 5.74) is 3.53. The van der Waals surface area contributed by atoms with E-state index in [9.17, 15) is 0 Å². The normalized spacial score (nSPS) is 14.2. The van der Waals surface area contributed by atoms with E-state index in [1.54, 1.807) is 0 Å². The summed E-state index contributed by atoms with van der Waals surface area (Å²) in [6.07, 6.45) is 2.59. The van der Waals surface area contributed by atoms with Crippen molar-refractivity contribution in [3.63, 3.8) is 0 Å². The maximum Gasteiger partial charge on any atom is 0.137 e. The van der Waals surface area contributed by atoms with Crippen LogP contribution in [-0.2, 0) is 6.54 Å². The second-order valence-electron chi connectivity index (χ2n) is 6.15. The molecule has 4 rings (SSSR count). The average molecular weight is 324 g/mol. The van der Waals surface area contributed by atoms with E-state index in [1.807, 2.05) is 25.1 Å². The van der Waals surface area contributed by atoms with Gasteiger partial charge in [0, 0.05) is 17.0 Å². The maximum atomic E-state index is 6.06. The lowest BCUT2D eigenvalue weighted by Gasteiger charge is -2.11. The minimum Gasteiger partial charge on any atom is -0.365 e. The molecule has 2 aromatic carbocycles. The number of anilines is 1. The Bertz CT molecular complexity index is 872. The van der Waals surface area contributed by atoms with Crippen molar-refractivity contribution in [2.45, 2.75) is 32.2 Å². The van der Waals surface area contributed by atoms with Gasteiger partial charge in [0.1, 0.15) is 11.6 Å². The molecule has 1 fully saturated rings. The molecule has 3 nitrogen and oxygen atoms in total. The summed E-state index contributed by atoms with van der Waals surface area (Å²) in [6.45, 7) is 2.62. The van der Waals surface area contributed by atoms with Crippen LogP contribution in [0.1, 0.15) is 35.7 Å². The van der Waals surface area contributed by atoms with Gasteiger partial charge in [-0.2, -0.15) is 0 Å². The summed E-state index contributed by atoms with van der Waals surface area (Å²) in [7, 11) is 0. The summed E-state index contributed by atoms with van der Waals surface area (Å²) in [6, 6.07) is 14.4. The lowest BCUT2D eigenvalue weighted by Crippen LogP contribution is -2.04. The number of hydrogen-bond acceptors (Lipinski definition) is 3. The van der Waals surface area contributed by atoms with E-state index in [2.05, 4.69) is 39.6 Å². The van der Waals surface area contributed by atoms with Gasteiger partial charge in [-0.3, -0.25) is 0 Å². The monoisotopic (exact) mass is 323 g/mol. The third kappa shape index (κ3) is 3.15. The fraction of sp³-hybridized carbons (Fsp3) is 0.263. The van der Waals surface area contributed by atoms with Gasteiger partial charge in [0.2, 0.25) is 0 Å². The molecule has 3 aromatic rings. The first-order valence-electron chi connectivity index (χ1n) is 7.96. The average Bonchev–Trinajstić information content (AvgIpc) is 3.37. The standard InChI is InChI=1S/C19H18ClN3/c1-12-22-18-8-7-15(14-5-6-14)10-17(18)19(23-12)21-11-13-3-2-4-16(20)9-13/h2-4,7-10,14H,5-6,11H2,1H3,(H,21,22,23). The molecule has 0 atom stereocenters. The van der Waals surface area contributed by atoms with E-state index in [0.717, 1.165) is 39.0 Å². The molecule has 1 saturated carbocycles. The molecule has 0 radical (unpaired) electrons. The topological polar surface area (TPSA) is 37.8 Å². The number of halogens is 1. The lowest BCUT2D eigenvalue weighted by molar-refractivity contribution is 1.05. The molecule has 1 N–H and O–H groups in total. The molecule has 0 spiro atoms. The summed E-state index contributed by atoms with van der Waals surface area (Å²) < 4.78 is 0. The Hall–Kier alpha value is -2.13. The third-order valence-corrected chi connectivity index (χ3v) is 4.46. The van der Waals surface area contributed by atoms with E-state index in [0.29, 0.717) is 6.54 Å². The maximum absolute atomic E-state index is 6.06. The molecule has 1 aromatic heterocycles. The zero-order valence-electron chi connectivity index (χ0n) is 13.0. The molecule has 1 heterocycles. The van der Waals surface area contributed by atoms with Crippen LogP contribution in [0.5, 0.6) is 0 Å². The largest absolute Gasteiger partial charge is 0.365 e. The Morgan fingerprint density at radius 1 is 1.13 bits per heavy atom. The highest BCUT2D eigenvalue weighted by Gasteiger charge is 2.24. The minimum atomic E-state index is 0.694. The summed E-state index contributed by atoms with van der Waals surface area (Å²) in [5.74, 6) is 2.40. The van der Waals surface area contributed by atoms with Crippen LogP contribution in [0, 0.1) is 6.92 Å². The van der Waals surface area contributed by atoms with Gasteiger partial charge in [-0.25, -0.2) is 9.97 Å². The molecule has 4 heteroatoms. The number of rotatable bonds is 4. The van der Waals surface area contributed by atoms with E-state index in [1.165, 1.54) is 18.4 Å². The van der Waals surface area contributed by atoms with Crippen LogP contribution >= 0.6 is 11.6 Å². The third-order valence-electron chi connectivity index (χ3n) is 4.23. The van der Waals surface area contributed by atoms with Crippen molar-refractivity contribution >= 4 is 28.3 Å². The molecule has 1 aliphatic rings. The first-order chi connectivity index (χ1) is 11.2. The minimum absolute atomic E-state index is 0.694. The Morgan fingerprint density at radius 3 is 2.78 bits per heavy atom. The van der Waals surface area contributed by atoms with Crippen LogP contribution in [-0.4, -0.2) is 9.97 Å². The molecule has 0 saturated heterocycles. The molecule has 1 aliphatic carbocycles. The van der Waals surface area contributed by atoms with Crippen LogP contribution in [0.25, 0.3) is 10.9 Å². The number of benzene rings is 2. The fourth-order valence-corrected chi connectivity index (χ4v) is 3.11. The number of aryl methyl sites for hydroxylation is 1. The van der Waals surface area contributed by atoms with Gasteiger partial charge in [-0.05, 0) is 61.1 Å². The van der Waals surface area contributed by atoms with Crippen molar-refractivity contribution in [3.8, 4) is 0 Å². The molecule has 0 aliphatic heterocycles. The number of fused-ring (bicyclic) bond motifs is 1. The van der Waals surface area contributed by atoms with Gasteiger partial charge in [-0.1, -0.05) is 29.8 Å². The Morgan fingerprint density at radius 2 is 2.00 bits per heavy atom. The zero-order chi connectivity index (χ0) is 15.8. The van der Waals surface area contributed by atoms with Crippen molar-refractivity contribution in [2.75, 3.05) is 5.32 Å². The second-order valence-corrected chi connectivity index (χ2v) is 6.59. The molecule has 0 amide bonds. The molecule has 0 bridgehead atoms. The lowest BCUT2D eigenvalue weighted by atomic mass is 10.1.